The maximum Gasteiger partial charge on any atom is 0.240 e. The Morgan fingerprint density at radius 3 is 2.69 bits per heavy atom. The highest BCUT2D eigenvalue weighted by Gasteiger charge is 2.33. The van der Waals surface area contributed by atoms with Crippen molar-refractivity contribution in [3.63, 3.8) is 0 Å². The minimum absolute atomic E-state index is 0.107. The van der Waals surface area contributed by atoms with Crippen molar-refractivity contribution < 1.29 is 4.79 Å². The summed E-state index contributed by atoms with van der Waals surface area (Å²) in [7, 11) is 0. The van der Waals surface area contributed by atoms with Crippen molar-refractivity contribution in [1.82, 2.24) is 14.8 Å². The van der Waals surface area contributed by atoms with Gasteiger partial charge in [0.25, 0.3) is 0 Å². The lowest BCUT2D eigenvalue weighted by Crippen LogP contribution is -2.40. The molecule has 0 saturated heterocycles. The fourth-order valence-corrected chi connectivity index (χ4v) is 4.27. The van der Waals surface area contributed by atoms with Crippen molar-refractivity contribution in [1.29, 1.82) is 0 Å². The fraction of sp³-hybridized carbons (Fsp3) is 0.250. The van der Waals surface area contributed by atoms with E-state index >= 15 is 0 Å². The number of amides is 1. The maximum atomic E-state index is 13.1. The predicted octanol–water partition coefficient (Wildman–Crippen LogP) is 3.73. The van der Waals surface area contributed by atoms with Gasteiger partial charge in [0, 0.05) is 17.4 Å². The lowest BCUT2D eigenvalue weighted by atomic mass is 10.1. The number of hydrogen-bond acceptors (Lipinski definition) is 4. The van der Waals surface area contributed by atoms with Crippen LogP contribution < -0.4 is 4.90 Å². The van der Waals surface area contributed by atoms with Crippen LogP contribution in [0.15, 0.2) is 66.1 Å². The van der Waals surface area contributed by atoms with Crippen molar-refractivity contribution >= 4 is 23.4 Å². The standard InChI is InChI=1S/C20H20N4OS/c1-14-12-16-8-6-7-11-18(16)24(14)19(25)15(2)26-20-22-21-13-23(20)17-9-4-3-5-10-17/h3-11,13-15H,12H2,1-2H3. The zero-order valence-electron chi connectivity index (χ0n) is 14.7. The number of aromatic nitrogens is 3. The van der Waals surface area contributed by atoms with Crippen molar-refractivity contribution in [2.45, 2.75) is 36.7 Å². The van der Waals surface area contributed by atoms with Gasteiger partial charge >= 0.3 is 0 Å². The Hall–Kier alpha value is -2.60. The smallest absolute Gasteiger partial charge is 0.240 e. The molecular weight excluding hydrogens is 344 g/mol. The number of carbonyl (C=O) groups excluding carboxylic acids is 1. The van der Waals surface area contributed by atoms with Crippen molar-refractivity contribution in [3.05, 3.63) is 66.5 Å². The Kier molecular flexibility index (Phi) is 4.51. The van der Waals surface area contributed by atoms with E-state index in [0.29, 0.717) is 0 Å². The first kappa shape index (κ1) is 16.8. The van der Waals surface area contributed by atoms with E-state index in [9.17, 15) is 4.79 Å². The van der Waals surface area contributed by atoms with Crippen LogP contribution in [-0.2, 0) is 11.2 Å². The zero-order valence-corrected chi connectivity index (χ0v) is 15.6. The fourth-order valence-electron chi connectivity index (χ4n) is 3.38. The Morgan fingerprint density at radius 2 is 1.88 bits per heavy atom. The van der Waals surface area contributed by atoms with Crippen molar-refractivity contribution in [2.24, 2.45) is 0 Å². The van der Waals surface area contributed by atoms with Crippen LogP contribution in [0.5, 0.6) is 0 Å². The van der Waals surface area contributed by atoms with E-state index in [0.717, 1.165) is 23.0 Å². The van der Waals surface area contributed by atoms with Gasteiger partial charge in [-0.3, -0.25) is 9.36 Å². The van der Waals surface area contributed by atoms with Gasteiger partial charge in [-0.2, -0.15) is 0 Å². The minimum atomic E-state index is -0.254. The largest absolute Gasteiger partial charge is 0.308 e. The first-order valence-electron chi connectivity index (χ1n) is 8.68. The summed E-state index contributed by atoms with van der Waals surface area (Å²) in [6.07, 6.45) is 2.59. The van der Waals surface area contributed by atoms with Gasteiger partial charge in [-0.15, -0.1) is 10.2 Å². The summed E-state index contributed by atoms with van der Waals surface area (Å²) in [5, 5.41) is 8.70. The molecule has 132 valence electrons. The monoisotopic (exact) mass is 364 g/mol. The van der Waals surface area contributed by atoms with Crippen LogP contribution in [0.1, 0.15) is 19.4 Å². The SMILES string of the molecule is CC(Sc1nncn1-c1ccccc1)C(=O)N1c2ccccc2CC1C. The van der Waals surface area contributed by atoms with Gasteiger partial charge < -0.3 is 4.90 Å². The van der Waals surface area contributed by atoms with Gasteiger partial charge in [0.05, 0.1) is 5.25 Å². The second kappa shape index (κ2) is 6.96. The summed E-state index contributed by atoms with van der Waals surface area (Å²) >= 11 is 1.44. The summed E-state index contributed by atoms with van der Waals surface area (Å²) in [5.74, 6) is 0.107. The van der Waals surface area contributed by atoms with Crippen LogP contribution >= 0.6 is 11.8 Å². The molecular formula is C20H20N4OS. The number of rotatable bonds is 4. The molecule has 0 bridgehead atoms. The molecule has 2 heterocycles. The molecule has 6 heteroatoms. The van der Waals surface area contributed by atoms with Crippen molar-refractivity contribution in [3.8, 4) is 5.69 Å². The number of thioether (sulfide) groups is 1. The summed E-state index contributed by atoms with van der Waals surface area (Å²) in [6.45, 7) is 4.03. The van der Waals surface area contributed by atoms with E-state index in [1.54, 1.807) is 6.33 Å². The number of carbonyl (C=O) groups is 1. The van der Waals surface area contributed by atoms with E-state index in [4.69, 9.17) is 0 Å². The number of anilines is 1. The minimum Gasteiger partial charge on any atom is -0.308 e. The van der Waals surface area contributed by atoms with E-state index in [2.05, 4.69) is 23.2 Å². The number of benzene rings is 2. The summed E-state index contributed by atoms with van der Waals surface area (Å²) in [5.41, 5.74) is 3.25. The van der Waals surface area contributed by atoms with Gasteiger partial charge in [0.2, 0.25) is 5.91 Å². The molecule has 4 rings (SSSR count). The first-order valence-corrected chi connectivity index (χ1v) is 9.56. The summed E-state index contributed by atoms with van der Waals surface area (Å²) in [4.78, 5) is 15.1. The first-order chi connectivity index (χ1) is 12.6. The molecule has 0 N–H and O–H groups in total. The van der Waals surface area contributed by atoms with Crippen LogP contribution in [0, 0.1) is 0 Å². The molecule has 1 aromatic heterocycles. The molecule has 2 aromatic carbocycles. The molecule has 5 nitrogen and oxygen atoms in total. The van der Waals surface area contributed by atoms with Gasteiger partial charge in [0.15, 0.2) is 5.16 Å². The predicted molar refractivity (Wildman–Crippen MR) is 104 cm³/mol. The average molecular weight is 364 g/mol. The molecule has 3 aromatic rings. The molecule has 0 aliphatic carbocycles. The molecule has 1 aliphatic rings. The van der Waals surface area contributed by atoms with E-state index < -0.39 is 0 Å². The molecule has 2 unspecified atom stereocenters. The Bertz CT molecular complexity index is 924. The number of nitrogens with zero attached hydrogens (tertiary/aromatic N) is 4. The number of para-hydroxylation sites is 2. The molecule has 1 amide bonds. The van der Waals surface area contributed by atoms with Crippen LogP contribution in [0.4, 0.5) is 5.69 Å². The van der Waals surface area contributed by atoms with E-state index in [-0.39, 0.29) is 17.2 Å². The van der Waals surface area contributed by atoms with Gasteiger partial charge in [0.1, 0.15) is 6.33 Å². The second-order valence-corrected chi connectivity index (χ2v) is 7.78. The Labute approximate surface area is 157 Å². The van der Waals surface area contributed by atoms with Crippen molar-refractivity contribution in [2.75, 3.05) is 4.90 Å². The van der Waals surface area contributed by atoms with E-state index in [1.165, 1.54) is 17.3 Å². The van der Waals surface area contributed by atoms with Crippen LogP contribution in [0.3, 0.4) is 0 Å². The molecule has 0 fully saturated rings. The highest BCUT2D eigenvalue weighted by Crippen LogP contribution is 2.34. The van der Waals surface area contributed by atoms with Crippen LogP contribution in [-0.4, -0.2) is 32.0 Å². The summed E-state index contributed by atoms with van der Waals surface area (Å²) < 4.78 is 1.91. The highest BCUT2D eigenvalue weighted by molar-refractivity contribution is 8.00. The second-order valence-electron chi connectivity index (χ2n) is 6.47. The quantitative estimate of drug-likeness (QED) is 0.662. The highest BCUT2D eigenvalue weighted by atomic mass is 32.2. The van der Waals surface area contributed by atoms with Crippen LogP contribution in [0.2, 0.25) is 0 Å². The number of hydrogen-bond donors (Lipinski definition) is 0. The third kappa shape index (κ3) is 3.01. The Balaban J connectivity index is 1.56. The van der Waals surface area contributed by atoms with Gasteiger partial charge in [-0.05, 0) is 44.0 Å². The molecule has 0 saturated carbocycles. The average Bonchev–Trinajstić information content (AvgIpc) is 3.25. The number of fused-ring (bicyclic) bond motifs is 1. The maximum absolute atomic E-state index is 13.1. The molecule has 1 aliphatic heterocycles. The van der Waals surface area contributed by atoms with Crippen LogP contribution in [0.25, 0.3) is 5.69 Å². The third-order valence-electron chi connectivity index (χ3n) is 4.63. The molecule has 26 heavy (non-hydrogen) atoms. The zero-order chi connectivity index (χ0) is 18.1. The lowest BCUT2D eigenvalue weighted by molar-refractivity contribution is -0.118. The summed E-state index contributed by atoms with van der Waals surface area (Å²) in [6, 6.07) is 18.2. The molecule has 0 spiro atoms. The molecule has 2 atom stereocenters. The third-order valence-corrected chi connectivity index (χ3v) is 5.67. The van der Waals surface area contributed by atoms with E-state index in [1.807, 2.05) is 64.9 Å². The van der Waals surface area contributed by atoms with Gasteiger partial charge in [-0.1, -0.05) is 48.2 Å². The Morgan fingerprint density at radius 1 is 1.15 bits per heavy atom. The molecule has 0 radical (unpaired) electrons. The lowest BCUT2D eigenvalue weighted by Gasteiger charge is -2.25. The topological polar surface area (TPSA) is 51.0 Å². The van der Waals surface area contributed by atoms with Gasteiger partial charge in [-0.25, -0.2) is 0 Å². The normalized spacial score (nSPS) is 17.2.